The lowest BCUT2D eigenvalue weighted by Gasteiger charge is -2.36. The zero-order chi connectivity index (χ0) is 27.3. The lowest BCUT2D eigenvalue weighted by atomic mass is 9.80. The molecule has 0 saturated carbocycles. The summed E-state index contributed by atoms with van der Waals surface area (Å²) in [6.07, 6.45) is 0. The van der Waals surface area contributed by atoms with Gasteiger partial charge in [0.15, 0.2) is 0 Å². The molecule has 1 amide bonds. The van der Waals surface area contributed by atoms with Crippen molar-refractivity contribution in [1.82, 2.24) is 5.32 Å². The Morgan fingerprint density at radius 2 is 1.73 bits per heavy atom. The van der Waals surface area contributed by atoms with Crippen LogP contribution in [0.4, 0.5) is 5.69 Å². The van der Waals surface area contributed by atoms with E-state index >= 15 is 0 Å². The van der Waals surface area contributed by atoms with Gasteiger partial charge in [0.05, 0.1) is 43.0 Å². The van der Waals surface area contributed by atoms with Crippen LogP contribution < -0.4 is 16.0 Å². The van der Waals surface area contributed by atoms with Crippen LogP contribution in [0.2, 0.25) is 0 Å². The largest absolute Gasteiger partial charge is 0.466 e. The van der Waals surface area contributed by atoms with Gasteiger partial charge < -0.3 is 20.5 Å². The molecule has 0 fully saturated rings. The normalized spacial score (nSPS) is 15.4. The Balaban J connectivity index is 2.27. The number of benzene rings is 2. The van der Waals surface area contributed by atoms with Crippen LogP contribution in [-0.2, 0) is 19.1 Å². The van der Waals surface area contributed by atoms with Crippen molar-refractivity contribution in [2.75, 3.05) is 25.7 Å². The highest BCUT2D eigenvalue weighted by atomic mass is 16.5. The molecule has 2 aromatic carbocycles. The van der Waals surface area contributed by atoms with Gasteiger partial charge >= 0.3 is 11.9 Å². The molecule has 1 unspecified atom stereocenters. The van der Waals surface area contributed by atoms with Gasteiger partial charge in [-0.2, -0.15) is 5.26 Å². The number of amides is 1. The summed E-state index contributed by atoms with van der Waals surface area (Å²) < 4.78 is 10.1. The molecule has 3 rings (SSSR count). The number of methoxy groups -OCH3 is 2. The first-order chi connectivity index (χ1) is 17.7. The van der Waals surface area contributed by atoms with Crippen LogP contribution in [0.25, 0.3) is 0 Å². The summed E-state index contributed by atoms with van der Waals surface area (Å²) in [6, 6.07) is 15.8. The van der Waals surface area contributed by atoms with E-state index < -0.39 is 17.9 Å². The van der Waals surface area contributed by atoms with Gasteiger partial charge in [-0.05, 0) is 42.2 Å². The van der Waals surface area contributed by atoms with Crippen LogP contribution in [0, 0.1) is 24.2 Å². The van der Waals surface area contributed by atoms with Crippen molar-refractivity contribution >= 4 is 23.5 Å². The van der Waals surface area contributed by atoms with Gasteiger partial charge in [-0.3, -0.25) is 9.69 Å². The van der Waals surface area contributed by atoms with Gasteiger partial charge in [-0.25, -0.2) is 9.59 Å². The standard InChI is InChI=1S/C28H30N4O5/c1-16(2)15-31-26(33)19-11-12-21(17(3)13-19)32-24(28(35)37-5)23(27(34)36-4)22(20(14-29)25(32)30)18-9-7-6-8-10-18/h6-13,16,22H,15,30H2,1-5H3,(H,31,33). The van der Waals surface area contributed by atoms with E-state index in [4.69, 9.17) is 15.2 Å². The van der Waals surface area contributed by atoms with Gasteiger partial charge in [-0.15, -0.1) is 0 Å². The van der Waals surface area contributed by atoms with Gasteiger partial charge in [0.25, 0.3) is 5.91 Å². The molecule has 37 heavy (non-hydrogen) atoms. The highest BCUT2D eigenvalue weighted by molar-refractivity contribution is 6.06. The number of carbonyl (C=O) groups excluding carboxylic acids is 3. The number of nitriles is 1. The molecule has 0 radical (unpaired) electrons. The number of aryl methyl sites for hydroxylation is 1. The third-order valence-corrected chi connectivity index (χ3v) is 5.98. The number of nitrogens with one attached hydrogen (secondary N) is 1. The molecule has 0 saturated heterocycles. The van der Waals surface area contributed by atoms with Crippen LogP contribution in [-0.4, -0.2) is 38.6 Å². The Bertz CT molecular complexity index is 1320. The molecular weight excluding hydrogens is 472 g/mol. The second-order valence-corrected chi connectivity index (χ2v) is 8.94. The Morgan fingerprint density at radius 3 is 2.27 bits per heavy atom. The molecular formula is C28H30N4O5. The molecule has 1 aliphatic rings. The molecule has 0 aliphatic carbocycles. The number of hydrogen-bond donors (Lipinski definition) is 2. The van der Waals surface area contributed by atoms with Gasteiger partial charge in [0, 0.05) is 12.1 Å². The lowest BCUT2D eigenvalue weighted by Crippen LogP contribution is -2.41. The topological polar surface area (TPSA) is 135 Å². The van der Waals surface area contributed by atoms with Crippen LogP contribution in [0.1, 0.15) is 41.3 Å². The number of rotatable bonds is 7. The molecule has 192 valence electrons. The number of nitrogens with two attached hydrogens (primary N) is 1. The zero-order valence-corrected chi connectivity index (χ0v) is 21.5. The lowest BCUT2D eigenvalue weighted by molar-refractivity contribution is -0.139. The number of nitrogens with zero attached hydrogens (tertiary/aromatic N) is 2. The maximum absolute atomic E-state index is 13.2. The third kappa shape index (κ3) is 5.33. The first-order valence-corrected chi connectivity index (χ1v) is 11.7. The van der Waals surface area contributed by atoms with Crippen molar-refractivity contribution in [2.24, 2.45) is 11.7 Å². The minimum Gasteiger partial charge on any atom is -0.466 e. The molecule has 1 atom stereocenters. The number of carbonyl (C=O) groups is 3. The summed E-state index contributed by atoms with van der Waals surface area (Å²) in [6.45, 7) is 6.25. The van der Waals surface area contributed by atoms with Crippen molar-refractivity contribution in [3.05, 3.63) is 87.9 Å². The highest BCUT2D eigenvalue weighted by Crippen LogP contribution is 2.43. The molecule has 0 aromatic heterocycles. The van der Waals surface area contributed by atoms with Crippen LogP contribution >= 0.6 is 0 Å². The van der Waals surface area contributed by atoms with E-state index in [0.717, 1.165) is 0 Å². The van der Waals surface area contributed by atoms with E-state index in [2.05, 4.69) is 11.4 Å². The average Bonchev–Trinajstić information content (AvgIpc) is 2.90. The van der Waals surface area contributed by atoms with Crippen molar-refractivity contribution < 1.29 is 23.9 Å². The Morgan fingerprint density at radius 1 is 1.08 bits per heavy atom. The van der Waals surface area contributed by atoms with Gasteiger partial charge in [-0.1, -0.05) is 44.2 Å². The number of esters is 2. The second kappa shape index (κ2) is 11.4. The van der Waals surface area contributed by atoms with E-state index in [0.29, 0.717) is 28.9 Å². The average molecular weight is 503 g/mol. The summed E-state index contributed by atoms with van der Waals surface area (Å²) in [5.41, 5.74) is 8.34. The predicted molar refractivity (Wildman–Crippen MR) is 138 cm³/mol. The van der Waals surface area contributed by atoms with Crippen molar-refractivity contribution in [1.29, 1.82) is 5.26 Å². The summed E-state index contributed by atoms with van der Waals surface area (Å²) >= 11 is 0. The minimum atomic E-state index is -0.953. The molecule has 3 N–H and O–H groups in total. The molecule has 9 heteroatoms. The minimum absolute atomic E-state index is 0.0375. The number of ether oxygens (including phenoxy) is 2. The predicted octanol–water partition coefficient (Wildman–Crippen LogP) is 3.28. The summed E-state index contributed by atoms with van der Waals surface area (Å²) in [5, 5.41) is 13.0. The van der Waals surface area contributed by atoms with Gasteiger partial charge in [0.1, 0.15) is 11.5 Å². The summed E-state index contributed by atoms with van der Waals surface area (Å²) in [7, 11) is 2.38. The van der Waals surface area contributed by atoms with E-state index in [1.54, 1.807) is 55.5 Å². The fourth-order valence-electron chi connectivity index (χ4n) is 4.21. The summed E-state index contributed by atoms with van der Waals surface area (Å²) in [5.74, 6) is -2.59. The quantitative estimate of drug-likeness (QED) is 0.551. The summed E-state index contributed by atoms with van der Waals surface area (Å²) in [4.78, 5) is 40.2. The van der Waals surface area contributed by atoms with Crippen LogP contribution in [0.5, 0.6) is 0 Å². The molecule has 0 bridgehead atoms. The fraction of sp³-hybridized carbons (Fsp3) is 0.286. The van der Waals surface area contributed by atoms with E-state index in [1.807, 2.05) is 13.8 Å². The first-order valence-electron chi connectivity index (χ1n) is 11.7. The van der Waals surface area contributed by atoms with Gasteiger partial charge in [0.2, 0.25) is 0 Å². The van der Waals surface area contributed by atoms with E-state index in [-0.39, 0.29) is 34.5 Å². The molecule has 1 heterocycles. The molecule has 9 nitrogen and oxygen atoms in total. The van der Waals surface area contributed by atoms with Crippen LogP contribution in [0.3, 0.4) is 0 Å². The number of hydrogen-bond acceptors (Lipinski definition) is 8. The smallest absolute Gasteiger partial charge is 0.355 e. The third-order valence-electron chi connectivity index (χ3n) is 5.98. The maximum Gasteiger partial charge on any atom is 0.355 e. The monoisotopic (exact) mass is 502 g/mol. The Labute approximate surface area is 216 Å². The fourth-order valence-corrected chi connectivity index (χ4v) is 4.21. The van der Waals surface area contributed by atoms with E-state index in [9.17, 15) is 19.6 Å². The number of allylic oxidation sites excluding steroid dienone is 1. The molecule has 1 aliphatic heterocycles. The Kier molecular flexibility index (Phi) is 8.35. The van der Waals surface area contributed by atoms with Crippen molar-refractivity contribution in [3.63, 3.8) is 0 Å². The van der Waals surface area contributed by atoms with Crippen LogP contribution in [0.15, 0.2) is 71.2 Å². The highest BCUT2D eigenvalue weighted by Gasteiger charge is 2.43. The first kappa shape index (κ1) is 27.0. The zero-order valence-electron chi connectivity index (χ0n) is 21.5. The number of anilines is 1. The SMILES string of the molecule is COC(=O)C1=C(C(=O)OC)N(c2ccc(C(=O)NCC(C)C)cc2C)C(N)=C(C#N)C1c1ccccc1. The van der Waals surface area contributed by atoms with Crippen molar-refractivity contribution in [2.45, 2.75) is 26.7 Å². The van der Waals surface area contributed by atoms with Crippen molar-refractivity contribution in [3.8, 4) is 6.07 Å². The Hall–Kier alpha value is -4.58. The maximum atomic E-state index is 13.2. The van der Waals surface area contributed by atoms with E-state index in [1.165, 1.54) is 19.1 Å². The second-order valence-electron chi connectivity index (χ2n) is 8.94. The molecule has 2 aromatic rings. The molecule has 0 spiro atoms.